The van der Waals surface area contributed by atoms with E-state index in [1.54, 1.807) is 6.20 Å². The first-order valence-electron chi connectivity index (χ1n) is 4.94. The van der Waals surface area contributed by atoms with Gasteiger partial charge in [0.15, 0.2) is 0 Å². The number of rotatable bonds is 4. The summed E-state index contributed by atoms with van der Waals surface area (Å²) in [6.45, 7) is 6.86. The molecule has 0 aliphatic rings. The van der Waals surface area contributed by atoms with Crippen molar-refractivity contribution in [3.8, 4) is 5.75 Å². The van der Waals surface area contributed by atoms with E-state index in [1.165, 1.54) is 0 Å². The Bertz CT molecular complexity index is 267. The van der Waals surface area contributed by atoms with Crippen LogP contribution in [0.15, 0.2) is 18.3 Å². The van der Waals surface area contributed by atoms with Gasteiger partial charge in [0.2, 0.25) is 0 Å². The number of hydrogen-bond acceptors (Lipinski definition) is 3. The maximum atomic E-state index is 5.68. The van der Waals surface area contributed by atoms with Crippen molar-refractivity contribution >= 4 is 0 Å². The van der Waals surface area contributed by atoms with E-state index in [1.807, 2.05) is 19.1 Å². The van der Waals surface area contributed by atoms with Gasteiger partial charge in [-0.05, 0) is 25.0 Å². The minimum absolute atomic E-state index is 0.0193. The molecule has 0 unspecified atom stereocenters. The van der Waals surface area contributed by atoms with E-state index in [0.29, 0.717) is 5.92 Å². The fourth-order valence-corrected chi connectivity index (χ4v) is 1.01. The standard InChI is InChI=1S/C11H18N2O/c1-8(2)7-14-10-4-5-11(9(3)12)13-6-10/h4-6,8-9H,7,12H2,1-3H3/t9-/m0/s1. The Morgan fingerprint density at radius 2 is 2.07 bits per heavy atom. The van der Waals surface area contributed by atoms with Crippen LogP contribution in [0.5, 0.6) is 5.75 Å². The smallest absolute Gasteiger partial charge is 0.137 e. The van der Waals surface area contributed by atoms with Crippen LogP contribution >= 0.6 is 0 Å². The molecule has 0 spiro atoms. The highest BCUT2D eigenvalue weighted by atomic mass is 16.5. The van der Waals surface area contributed by atoms with Crippen LogP contribution in [0.1, 0.15) is 32.5 Å². The van der Waals surface area contributed by atoms with Gasteiger partial charge in [0.25, 0.3) is 0 Å². The molecule has 1 aromatic rings. The zero-order valence-electron chi connectivity index (χ0n) is 9.03. The number of aromatic nitrogens is 1. The molecule has 1 rings (SSSR count). The molecule has 2 N–H and O–H groups in total. The monoisotopic (exact) mass is 194 g/mol. The molecule has 3 nitrogen and oxygen atoms in total. The van der Waals surface area contributed by atoms with Crippen LogP contribution in [0, 0.1) is 5.92 Å². The van der Waals surface area contributed by atoms with Crippen molar-refractivity contribution in [2.45, 2.75) is 26.8 Å². The molecule has 0 aliphatic heterocycles. The van der Waals surface area contributed by atoms with Gasteiger partial charge in [-0.3, -0.25) is 4.98 Å². The predicted octanol–water partition coefficient (Wildman–Crippen LogP) is 2.14. The number of hydrogen-bond donors (Lipinski definition) is 1. The molecule has 0 bridgehead atoms. The molecule has 0 saturated heterocycles. The number of ether oxygens (including phenoxy) is 1. The fraction of sp³-hybridized carbons (Fsp3) is 0.545. The van der Waals surface area contributed by atoms with Gasteiger partial charge < -0.3 is 10.5 Å². The first kappa shape index (κ1) is 11.0. The summed E-state index contributed by atoms with van der Waals surface area (Å²) in [5.41, 5.74) is 6.57. The number of nitrogens with zero attached hydrogens (tertiary/aromatic N) is 1. The molecular formula is C11H18N2O. The maximum absolute atomic E-state index is 5.68. The lowest BCUT2D eigenvalue weighted by Crippen LogP contribution is -2.08. The summed E-state index contributed by atoms with van der Waals surface area (Å²) in [6, 6.07) is 3.79. The van der Waals surface area contributed by atoms with E-state index in [4.69, 9.17) is 10.5 Å². The largest absolute Gasteiger partial charge is 0.492 e. The molecule has 78 valence electrons. The summed E-state index contributed by atoms with van der Waals surface area (Å²) in [6.07, 6.45) is 1.72. The van der Waals surface area contributed by atoms with Gasteiger partial charge in [-0.15, -0.1) is 0 Å². The summed E-state index contributed by atoms with van der Waals surface area (Å²) in [4.78, 5) is 4.21. The topological polar surface area (TPSA) is 48.1 Å². The minimum Gasteiger partial charge on any atom is -0.492 e. The lowest BCUT2D eigenvalue weighted by molar-refractivity contribution is 0.270. The number of nitrogens with two attached hydrogens (primary N) is 1. The van der Waals surface area contributed by atoms with Gasteiger partial charge in [0, 0.05) is 6.04 Å². The first-order valence-corrected chi connectivity index (χ1v) is 4.94. The Labute approximate surface area is 85.3 Å². The molecule has 1 atom stereocenters. The van der Waals surface area contributed by atoms with Crippen molar-refractivity contribution in [1.82, 2.24) is 4.98 Å². The van der Waals surface area contributed by atoms with Gasteiger partial charge in [-0.2, -0.15) is 0 Å². The Morgan fingerprint density at radius 3 is 2.50 bits per heavy atom. The second-order valence-corrected chi connectivity index (χ2v) is 3.91. The summed E-state index contributed by atoms with van der Waals surface area (Å²) in [5, 5.41) is 0. The summed E-state index contributed by atoms with van der Waals surface area (Å²) in [7, 11) is 0. The van der Waals surface area contributed by atoms with E-state index in [2.05, 4.69) is 18.8 Å². The quantitative estimate of drug-likeness (QED) is 0.798. The third-order valence-corrected chi connectivity index (χ3v) is 1.81. The second kappa shape index (κ2) is 4.96. The van der Waals surface area contributed by atoms with Crippen molar-refractivity contribution in [2.24, 2.45) is 11.7 Å². The van der Waals surface area contributed by atoms with Crippen molar-refractivity contribution in [3.05, 3.63) is 24.0 Å². The van der Waals surface area contributed by atoms with Crippen LogP contribution in [0.2, 0.25) is 0 Å². The van der Waals surface area contributed by atoms with Crippen molar-refractivity contribution in [3.63, 3.8) is 0 Å². The average Bonchev–Trinajstić information content (AvgIpc) is 2.15. The zero-order chi connectivity index (χ0) is 10.6. The van der Waals surface area contributed by atoms with Gasteiger partial charge in [0.05, 0.1) is 18.5 Å². The third kappa shape index (κ3) is 3.34. The summed E-state index contributed by atoms with van der Waals surface area (Å²) in [5.74, 6) is 1.34. The molecule has 14 heavy (non-hydrogen) atoms. The van der Waals surface area contributed by atoms with E-state index in [9.17, 15) is 0 Å². The summed E-state index contributed by atoms with van der Waals surface area (Å²) < 4.78 is 5.50. The van der Waals surface area contributed by atoms with Crippen molar-refractivity contribution in [1.29, 1.82) is 0 Å². The molecule has 1 aromatic heterocycles. The van der Waals surface area contributed by atoms with E-state index in [-0.39, 0.29) is 6.04 Å². The van der Waals surface area contributed by atoms with Crippen LogP contribution in [-0.4, -0.2) is 11.6 Å². The Morgan fingerprint density at radius 1 is 1.36 bits per heavy atom. The summed E-state index contributed by atoms with van der Waals surface area (Å²) >= 11 is 0. The van der Waals surface area contributed by atoms with Crippen molar-refractivity contribution in [2.75, 3.05) is 6.61 Å². The molecule has 0 aromatic carbocycles. The minimum atomic E-state index is -0.0193. The lowest BCUT2D eigenvalue weighted by Gasteiger charge is -2.09. The normalized spacial score (nSPS) is 12.9. The van der Waals surface area contributed by atoms with E-state index < -0.39 is 0 Å². The average molecular weight is 194 g/mol. The Kier molecular flexibility index (Phi) is 3.89. The molecule has 0 saturated carbocycles. The van der Waals surface area contributed by atoms with Crippen LogP contribution in [0.25, 0.3) is 0 Å². The van der Waals surface area contributed by atoms with E-state index >= 15 is 0 Å². The predicted molar refractivity (Wildman–Crippen MR) is 57.2 cm³/mol. The molecule has 0 aliphatic carbocycles. The Balaban J connectivity index is 2.55. The van der Waals surface area contributed by atoms with Crippen LogP contribution < -0.4 is 10.5 Å². The van der Waals surface area contributed by atoms with Gasteiger partial charge >= 0.3 is 0 Å². The third-order valence-electron chi connectivity index (χ3n) is 1.81. The highest BCUT2D eigenvalue weighted by Crippen LogP contribution is 2.13. The fourth-order valence-electron chi connectivity index (χ4n) is 1.01. The highest BCUT2D eigenvalue weighted by Gasteiger charge is 2.01. The van der Waals surface area contributed by atoms with Crippen LogP contribution in [-0.2, 0) is 0 Å². The van der Waals surface area contributed by atoms with Gasteiger partial charge in [-0.1, -0.05) is 13.8 Å². The highest BCUT2D eigenvalue weighted by molar-refractivity contribution is 5.21. The zero-order valence-corrected chi connectivity index (χ0v) is 9.03. The molecule has 3 heteroatoms. The molecule has 0 fully saturated rings. The second-order valence-electron chi connectivity index (χ2n) is 3.91. The molecule has 0 radical (unpaired) electrons. The lowest BCUT2D eigenvalue weighted by atomic mass is 10.2. The SMILES string of the molecule is CC(C)COc1ccc([C@H](C)N)nc1. The van der Waals surface area contributed by atoms with Gasteiger partial charge in [0.1, 0.15) is 5.75 Å². The Hall–Kier alpha value is -1.09. The van der Waals surface area contributed by atoms with Crippen molar-refractivity contribution < 1.29 is 4.74 Å². The van der Waals surface area contributed by atoms with Crippen LogP contribution in [0.4, 0.5) is 0 Å². The first-order chi connectivity index (χ1) is 6.59. The maximum Gasteiger partial charge on any atom is 0.137 e. The van der Waals surface area contributed by atoms with Gasteiger partial charge in [-0.25, -0.2) is 0 Å². The number of pyridine rings is 1. The van der Waals surface area contributed by atoms with E-state index in [0.717, 1.165) is 18.1 Å². The molecule has 1 heterocycles. The molecular weight excluding hydrogens is 176 g/mol. The molecule has 0 amide bonds. The van der Waals surface area contributed by atoms with Crippen LogP contribution in [0.3, 0.4) is 0 Å².